The number of halogens is 3. The van der Waals surface area contributed by atoms with Gasteiger partial charge in [0.1, 0.15) is 0 Å². The molecule has 2 amide bonds. The first-order chi connectivity index (χ1) is 28.3. The molecule has 0 spiro atoms. The summed E-state index contributed by atoms with van der Waals surface area (Å²) in [5, 5.41) is 1.75. The van der Waals surface area contributed by atoms with E-state index in [1.54, 1.807) is 12.1 Å². The molecule has 0 aliphatic carbocycles. The molecule has 0 bridgehead atoms. The Morgan fingerprint density at radius 1 is 0.414 bits per heavy atom. The molecule has 1 aliphatic rings. The Labute approximate surface area is 331 Å². The minimum Gasteiger partial charge on any atom is -0.308 e. The zero-order chi connectivity index (χ0) is 39.5. The van der Waals surface area contributed by atoms with Crippen LogP contribution >= 0.6 is 0 Å². The van der Waals surface area contributed by atoms with Gasteiger partial charge in [0.05, 0.1) is 39.1 Å². The van der Waals surface area contributed by atoms with E-state index in [2.05, 4.69) is 0 Å². The number of hydrogen-bond acceptors (Lipinski definition) is 2. The number of imide groups is 1. The molecule has 0 radical (unpaired) electrons. The van der Waals surface area contributed by atoms with Crippen LogP contribution in [0.15, 0.2) is 188 Å². The Morgan fingerprint density at radius 3 is 1.55 bits per heavy atom. The zero-order valence-corrected chi connectivity index (χ0v) is 30.7. The van der Waals surface area contributed by atoms with E-state index < -0.39 is 23.6 Å². The van der Waals surface area contributed by atoms with Crippen molar-refractivity contribution in [2.24, 2.45) is 0 Å². The monoisotopic (exact) mass is 760 g/mol. The molecule has 0 N–H and O–H groups in total. The molecule has 10 rings (SSSR count). The number of amides is 2. The van der Waals surface area contributed by atoms with E-state index in [1.165, 1.54) is 17.0 Å². The summed E-state index contributed by atoms with van der Waals surface area (Å²) in [5.41, 5.74) is 8.52. The van der Waals surface area contributed by atoms with E-state index in [9.17, 15) is 18.0 Å². The van der Waals surface area contributed by atoms with Crippen LogP contribution < -0.4 is 4.90 Å². The Balaban J connectivity index is 1.22. The highest BCUT2D eigenvalue weighted by molar-refractivity contribution is 6.37. The molecule has 9 aromatic rings. The molecule has 1 aliphatic heterocycles. The normalized spacial score (nSPS) is 12.8. The SMILES string of the molecule is O=C1c2cccc(-n3c4ccccc4c4cccc(-c5ccc(C(F)(F)F)cc5)c43)c2C(=O)N1c1c(-c2ccccc2)cc(-c2ccccc2)cc1-c1ccccc1. The summed E-state index contributed by atoms with van der Waals surface area (Å²) in [6.07, 6.45) is -4.48. The maximum absolute atomic E-state index is 15.4. The molecule has 0 unspecified atom stereocenters. The summed E-state index contributed by atoms with van der Waals surface area (Å²) in [7, 11) is 0. The van der Waals surface area contributed by atoms with E-state index in [0.29, 0.717) is 28.0 Å². The van der Waals surface area contributed by atoms with Gasteiger partial charge in [-0.15, -0.1) is 0 Å². The van der Waals surface area contributed by atoms with Crippen LogP contribution in [0.4, 0.5) is 18.9 Å². The van der Waals surface area contributed by atoms with Crippen LogP contribution in [0.3, 0.4) is 0 Å². The molecule has 0 saturated carbocycles. The lowest BCUT2D eigenvalue weighted by atomic mass is 9.90. The quantitative estimate of drug-likeness (QED) is 0.158. The molecule has 0 fully saturated rings. The van der Waals surface area contributed by atoms with Crippen molar-refractivity contribution in [3.05, 3.63) is 205 Å². The molecule has 7 heteroatoms. The number of anilines is 1. The summed E-state index contributed by atoms with van der Waals surface area (Å²) in [4.78, 5) is 31.7. The lowest BCUT2D eigenvalue weighted by Crippen LogP contribution is -2.30. The average Bonchev–Trinajstić information content (AvgIpc) is 3.74. The topological polar surface area (TPSA) is 42.3 Å². The number of benzene rings is 8. The number of nitrogens with zero attached hydrogens (tertiary/aromatic N) is 2. The number of alkyl halides is 3. The van der Waals surface area contributed by atoms with E-state index in [1.807, 2.05) is 156 Å². The van der Waals surface area contributed by atoms with Crippen molar-refractivity contribution < 1.29 is 22.8 Å². The van der Waals surface area contributed by atoms with E-state index >= 15 is 4.79 Å². The standard InChI is InChI=1S/C51H31F3N2O2/c52-51(53,54)37-28-26-35(27-29-37)38-21-12-22-40-39-20-10-11-24-44(39)55(47(38)40)45-25-13-23-41-46(45)50(58)56(49(41)57)48-42(33-16-6-2-7-17-33)30-36(32-14-4-1-5-15-32)31-43(48)34-18-8-3-9-19-34/h1-31H. The van der Waals surface area contributed by atoms with Gasteiger partial charge in [-0.25, -0.2) is 4.90 Å². The average molecular weight is 761 g/mol. The summed E-state index contributed by atoms with van der Waals surface area (Å²) in [6, 6.07) is 57.5. The number of rotatable bonds is 6. The number of aromatic nitrogens is 1. The van der Waals surface area contributed by atoms with Crippen LogP contribution in [0, 0.1) is 0 Å². The fourth-order valence-electron chi connectivity index (χ4n) is 8.35. The van der Waals surface area contributed by atoms with Crippen molar-refractivity contribution in [2.45, 2.75) is 6.18 Å². The molecule has 2 heterocycles. The smallest absolute Gasteiger partial charge is 0.308 e. The number of para-hydroxylation sites is 2. The van der Waals surface area contributed by atoms with Gasteiger partial charge in [-0.1, -0.05) is 146 Å². The van der Waals surface area contributed by atoms with Crippen LogP contribution in [-0.4, -0.2) is 16.4 Å². The first-order valence-corrected chi connectivity index (χ1v) is 18.8. The highest BCUT2D eigenvalue weighted by Gasteiger charge is 2.42. The van der Waals surface area contributed by atoms with Gasteiger partial charge in [0.2, 0.25) is 0 Å². The fraction of sp³-hybridized carbons (Fsp3) is 0.0196. The van der Waals surface area contributed by atoms with E-state index in [-0.39, 0.29) is 11.1 Å². The van der Waals surface area contributed by atoms with Crippen LogP contribution in [-0.2, 0) is 6.18 Å². The third-order valence-corrected chi connectivity index (χ3v) is 11.0. The van der Waals surface area contributed by atoms with Gasteiger partial charge in [0.15, 0.2) is 0 Å². The lowest BCUT2D eigenvalue weighted by Gasteiger charge is -2.24. The second-order valence-electron chi connectivity index (χ2n) is 14.3. The predicted molar refractivity (Wildman–Crippen MR) is 225 cm³/mol. The number of fused-ring (bicyclic) bond motifs is 4. The van der Waals surface area contributed by atoms with Crippen molar-refractivity contribution in [1.29, 1.82) is 0 Å². The first kappa shape index (κ1) is 34.9. The summed E-state index contributed by atoms with van der Waals surface area (Å²) in [5.74, 6) is -0.928. The third kappa shape index (κ3) is 5.62. The molecule has 0 saturated heterocycles. The molecule has 278 valence electrons. The molecule has 4 nitrogen and oxygen atoms in total. The Kier molecular flexibility index (Phi) is 8.20. The molecule has 8 aromatic carbocycles. The predicted octanol–water partition coefficient (Wildman–Crippen LogP) is 13.3. The minimum absolute atomic E-state index is 0.238. The molecule has 0 atom stereocenters. The van der Waals surface area contributed by atoms with Crippen LogP contribution in [0.1, 0.15) is 26.3 Å². The van der Waals surface area contributed by atoms with Crippen molar-refractivity contribution >= 4 is 39.3 Å². The second-order valence-corrected chi connectivity index (χ2v) is 14.3. The summed E-state index contributed by atoms with van der Waals surface area (Å²) >= 11 is 0. The van der Waals surface area contributed by atoms with Gasteiger partial charge in [-0.2, -0.15) is 13.2 Å². The number of carbonyl (C=O) groups is 2. The molecule has 58 heavy (non-hydrogen) atoms. The van der Waals surface area contributed by atoms with E-state index in [4.69, 9.17) is 0 Å². The molecular weight excluding hydrogens is 730 g/mol. The van der Waals surface area contributed by atoms with Crippen LogP contribution in [0.2, 0.25) is 0 Å². The van der Waals surface area contributed by atoms with Gasteiger partial charge in [0.25, 0.3) is 11.8 Å². The van der Waals surface area contributed by atoms with Crippen LogP contribution in [0.5, 0.6) is 0 Å². The highest BCUT2D eigenvalue weighted by atomic mass is 19.4. The van der Waals surface area contributed by atoms with Crippen molar-refractivity contribution in [2.75, 3.05) is 4.90 Å². The highest BCUT2D eigenvalue weighted by Crippen LogP contribution is 2.47. The minimum atomic E-state index is -4.48. The van der Waals surface area contributed by atoms with Gasteiger partial charge in [0, 0.05) is 27.5 Å². The van der Waals surface area contributed by atoms with E-state index in [0.717, 1.165) is 61.8 Å². The number of hydrogen-bond donors (Lipinski definition) is 0. The second kappa shape index (κ2) is 13.6. The zero-order valence-electron chi connectivity index (χ0n) is 30.7. The summed E-state index contributed by atoms with van der Waals surface area (Å²) < 4.78 is 42.8. The summed E-state index contributed by atoms with van der Waals surface area (Å²) in [6.45, 7) is 0. The van der Waals surface area contributed by atoms with Gasteiger partial charge in [-0.05, 0) is 70.3 Å². The van der Waals surface area contributed by atoms with Crippen molar-refractivity contribution in [3.63, 3.8) is 0 Å². The largest absolute Gasteiger partial charge is 0.416 e. The number of carbonyl (C=O) groups excluding carboxylic acids is 2. The Morgan fingerprint density at radius 2 is 0.931 bits per heavy atom. The first-order valence-electron chi connectivity index (χ1n) is 18.8. The third-order valence-electron chi connectivity index (χ3n) is 11.0. The Bertz CT molecular complexity index is 3000. The maximum Gasteiger partial charge on any atom is 0.416 e. The van der Waals surface area contributed by atoms with Gasteiger partial charge < -0.3 is 4.57 Å². The van der Waals surface area contributed by atoms with Crippen molar-refractivity contribution in [1.82, 2.24) is 4.57 Å². The molecule has 1 aromatic heterocycles. The molecular formula is C51H31F3N2O2. The Hall–Kier alpha value is -7.51. The lowest BCUT2D eigenvalue weighted by molar-refractivity contribution is -0.137. The maximum atomic E-state index is 15.4. The van der Waals surface area contributed by atoms with Gasteiger partial charge >= 0.3 is 6.18 Å². The van der Waals surface area contributed by atoms with Gasteiger partial charge in [-0.3, -0.25) is 9.59 Å². The van der Waals surface area contributed by atoms with Crippen molar-refractivity contribution in [3.8, 4) is 50.2 Å². The van der Waals surface area contributed by atoms with Crippen LogP contribution in [0.25, 0.3) is 72.0 Å². The fourth-order valence-corrected chi connectivity index (χ4v) is 8.35.